The number of imidazole rings is 1. The Morgan fingerprint density at radius 1 is 1.33 bits per heavy atom. The summed E-state index contributed by atoms with van der Waals surface area (Å²) in [6.07, 6.45) is 3.14. The third-order valence-electron chi connectivity index (χ3n) is 1.89. The first-order valence-electron chi connectivity index (χ1n) is 4.10. The molecular weight excluding hydrogens is 233 g/mol. The molecular formula is C10H5Cl2N3. The van der Waals surface area contributed by atoms with Crippen LogP contribution in [0.4, 0.5) is 0 Å². The molecule has 3 nitrogen and oxygen atoms in total. The number of aromatic nitrogens is 2. The van der Waals surface area contributed by atoms with E-state index < -0.39 is 0 Å². The lowest BCUT2D eigenvalue weighted by molar-refractivity contribution is 1.06. The zero-order valence-electron chi connectivity index (χ0n) is 7.48. The van der Waals surface area contributed by atoms with E-state index in [4.69, 9.17) is 28.5 Å². The van der Waals surface area contributed by atoms with Crippen molar-refractivity contribution in [3.8, 4) is 11.8 Å². The first kappa shape index (κ1) is 10.0. The fourth-order valence-electron chi connectivity index (χ4n) is 1.20. The van der Waals surface area contributed by atoms with E-state index in [9.17, 15) is 0 Å². The zero-order chi connectivity index (χ0) is 10.8. The Bertz CT molecular complexity index is 540. The molecule has 2 rings (SSSR count). The largest absolute Gasteiger partial charge is 0.303 e. The van der Waals surface area contributed by atoms with Crippen LogP contribution in [0.2, 0.25) is 10.0 Å². The monoisotopic (exact) mass is 237 g/mol. The van der Waals surface area contributed by atoms with E-state index in [0.29, 0.717) is 15.7 Å². The molecule has 0 saturated carbocycles. The van der Waals surface area contributed by atoms with Gasteiger partial charge in [-0.05, 0) is 18.2 Å². The van der Waals surface area contributed by atoms with E-state index in [1.165, 1.54) is 6.33 Å². The van der Waals surface area contributed by atoms with Crippen LogP contribution in [0, 0.1) is 11.3 Å². The predicted molar refractivity (Wildman–Crippen MR) is 58.3 cm³/mol. The van der Waals surface area contributed by atoms with Gasteiger partial charge in [-0.2, -0.15) is 5.26 Å². The summed E-state index contributed by atoms with van der Waals surface area (Å²) < 4.78 is 1.68. The van der Waals surface area contributed by atoms with Crippen LogP contribution in [0.1, 0.15) is 5.69 Å². The summed E-state index contributed by atoms with van der Waals surface area (Å²) >= 11 is 11.8. The third kappa shape index (κ3) is 1.96. The fraction of sp³-hybridized carbons (Fsp3) is 0. The van der Waals surface area contributed by atoms with Crippen molar-refractivity contribution in [3.05, 3.63) is 46.5 Å². The fourth-order valence-corrected chi connectivity index (χ4v) is 1.71. The van der Waals surface area contributed by atoms with Gasteiger partial charge in [0.25, 0.3) is 0 Å². The second kappa shape index (κ2) is 3.93. The number of nitriles is 1. The van der Waals surface area contributed by atoms with E-state index in [1.807, 2.05) is 6.07 Å². The zero-order valence-corrected chi connectivity index (χ0v) is 9.00. The topological polar surface area (TPSA) is 41.6 Å². The lowest BCUT2D eigenvalue weighted by atomic mass is 10.3. The predicted octanol–water partition coefficient (Wildman–Crippen LogP) is 3.05. The van der Waals surface area contributed by atoms with Crippen molar-refractivity contribution in [2.75, 3.05) is 0 Å². The lowest BCUT2D eigenvalue weighted by Crippen LogP contribution is -1.90. The second-order valence-corrected chi connectivity index (χ2v) is 3.72. The Kier molecular flexibility index (Phi) is 2.63. The Hall–Kier alpha value is -1.50. The van der Waals surface area contributed by atoms with Crippen LogP contribution in [0.5, 0.6) is 0 Å². The number of halogens is 2. The summed E-state index contributed by atoms with van der Waals surface area (Å²) in [7, 11) is 0. The van der Waals surface area contributed by atoms with E-state index in [2.05, 4.69) is 4.98 Å². The van der Waals surface area contributed by atoms with Crippen molar-refractivity contribution < 1.29 is 0 Å². The molecule has 15 heavy (non-hydrogen) atoms. The minimum atomic E-state index is 0.348. The normalized spacial score (nSPS) is 9.93. The standard InChI is InChI=1S/C10H5Cl2N3/c11-7-1-2-10(9(12)3-7)15-5-8(4-13)14-6-15/h1-3,5-6H. The Labute approximate surface area is 96.5 Å². The molecule has 0 aliphatic rings. The number of nitrogens with zero attached hydrogens (tertiary/aromatic N) is 3. The van der Waals surface area contributed by atoms with Crippen molar-refractivity contribution in [2.45, 2.75) is 0 Å². The minimum Gasteiger partial charge on any atom is -0.303 e. The van der Waals surface area contributed by atoms with E-state index in [-0.39, 0.29) is 0 Å². The summed E-state index contributed by atoms with van der Waals surface area (Å²) in [5.41, 5.74) is 1.09. The van der Waals surface area contributed by atoms with Crippen LogP contribution in [-0.2, 0) is 0 Å². The number of hydrogen-bond acceptors (Lipinski definition) is 2. The molecule has 0 atom stereocenters. The molecule has 0 unspecified atom stereocenters. The molecule has 5 heteroatoms. The molecule has 0 radical (unpaired) electrons. The van der Waals surface area contributed by atoms with Crippen LogP contribution in [0.25, 0.3) is 5.69 Å². The molecule has 0 aliphatic heterocycles. The third-order valence-corrected chi connectivity index (χ3v) is 2.42. The van der Waals surface area contributed by atoms with Gasteiger partial charge < -0.3 is 4.57 Å². The van der Waals surface area contributed by atoms with Gasteiger partial charge in [-0.15, -0.1) is 0 Å². The summed E-state index contributed by atoms with van der Waals surface area (Å²) in [4.78, 5) is 3.88. The molecule has 0 bridgehead atoms. The highest BCUT2D eigenvalue weighted by molar-refractivity contribution is 6.35. The summed E-state index contributed by atoms with van der Waals surface area (Å²) in [5.74, 6) is 0. The Morgan fingerprint density at radius 3 is 2.73 bits per heavy atom. The first-order valence-corrected chi connectivity index (χ1v) is 4.86. The van der Waals surface area contributed by atoms with Crippen LogP contribution in [0.15, 0.2) is 30.7 Å². The highest BCUT2D eigenvalue weighted by Crippen LogP contribution is 2.24. The van der Waals surface area contributed by atoms with E-state index >= 15 is 0 Å². The summed E-state index contributed by atoms with van der Waals surface area (Å²) in [6, 6.07) is 7.09. The van der Waals surface area contributed by atoms with Gasteiger partial charge >= 0.3 is 0 Å². The quantitative estimate of drug-likeness (QED) is 0.766. The van der Waals surface area contributed by atoms with Crippen molar-refractivity contribution in [1.29, 1.82) is 5.26 Å². The molecule has 1 heterocycles. The van der Waals surface area contributed by atoms with Gasteiger partial charge in [0.15, 0.2) is 5.69 Å². The molecule has 74 valence electrons. The van der Waals surface area contributed by atoms with Gasteiger partial charge in [0.05, 0.1) is 10.7 Å². The highest BCUT2D eigenvalue weighted by Gasteiger charge is 2.04. The van der Waals surface area contributed by atoms with Gasteiger partial charge in [-0.3, -0.25) is 0 Å². The molecule has 0 aliphatic carbocycles. The lowest BCUT2D eigenvalue weighted by Gasteiger charge is -2.04. The summed E-state index contributed by atoms with van der Waals surface area (Å²) in [6.45, 7) is 0. The maximum Gasteiger partial charge on any atom is 0.158 e. The smallest absolute Gasteiger partial charge is 0.158 e. The maximum absolute atomic E-state index is 8.63. The summed E-state index contributed by atoms with van der Waals surface area (Å²) in [5, 5.41) is 9.72. The Morgan fingerprint density at radius 2 is 2.13 bits per heavy atom. The highest BCUT2D eigenvalue weighted by atomic mass is 35.5. The second-order valence-electron chi connectivity index (χ2n) is 2.87. The van der Waals surface area contributed by atoms with Crippen LogP contribution in [-0.4, -0.2) is 9.55 Å². The molecule has 0 N–H and O–H groups in total. The Balaban J connectivity index is 2.50. The molecule has 0 saturated heterocycles. The molecule has 0 spiro atoms. The number of benzene rings is 1. The maximum atomic E-state index is 8.63. The SMILES string of the molecule is N#Cc1cn(-c2ccc(Cl)cc2Cl)cn1. The van der Waals surface area contributed by atoms with E-state index in [1.54, 1.807) is 29.0 Å². The minimum absolute atomic E-state index is 0.348. The van der Waals surface area contributed by atoms with Gasteiger partial charge in [0, 0.05) is 11.2 Å². The number of hydrogen-bond donors (Lipinski definition) is 0. The van der Waals surface area contributed by atoms with Gasteiger partial charge in [0.2, 0.25) is 0 Å². The van der Waals surface area contributed by atoms with Crippen molar-refractivity contribution in [3.63, 3.8) is 0 Å². The molecule has 0 amide bonds. The molecule has 1 aromatic heterocycles. The number of rotatable bonds is 1. The van der Waals surface area contributed by atoms with Crippen molar-refractivity contribution >= 4 is 23.2 Å². The average Bonchev–Trinajstić information content (AvgIpc) is 2.66. The van der Waals surface area contributed by atoms with Gasteiger partial charge in [-0.1, -0.05) is 23.2 Å². The molecule has 1 aromatic carbocycles. The van der Waals surface area contributed by atoms with Crippen molar-refractivity contribution in [1.82, 2.24) is 9.55 Å². The molecule has 2 aromatic rings. The average molecular weight is 238 g/mol. The molecule has 0 fully saturated rings. The van der Waals surface area contributed by atoms with Crippen LogP contribution >= 0.6 is 23.2 Å². The van der Waals surface area contributed by atoms with E-state index in [0.717, 1.165) is 5.69 Å². The van der Waals surface area contributed by atoms with Crippen LogP contribution in [0.3, 0.4) is 0 Å². The van der Waals surface area contributed by atoms with Gasteiger partial charge in [0.1, 0.15) is 12.4 Å². The first-order chi connectivity index (χ1) is 7.20. The van der Waals surface area contributed by atoms with Crippen LogP contribution < -0.4 is 0 Å². The van der Waals surface area contributed by atoms with Gasteiger partial charge in [-0.25, -0.2) is 4.98 Å². The van der Waals surface area contributed by atoms with Crippen molar-refractivity contribution in [2.24, 2.45) is 0 Å².